The molecular formula is C21H40. The monoisotopic (exact) mass is 292 g/mol. The fourth-order valence-corrected chi connectivity index (χ4v) is 4.93. The molecule has 0 saturated heterocycles. The molecule has 0 spiro atoms. The molecule has 2 rings (SSSR count). The topological polar surface area (TPSA) is 0 Å². The van der Waals surface area contributed by atoms with Crippen LogP contribution in [0.4, 0.5) is 0 Å². The molecule has 0 radical (unpaired) electrons. The van der Waals surface area contributed by atoms with Crippen LogP contribution in [0.3, 0.4) is 0 Å². The molecule has 0 aromatic carbocycles. The minimum absolute atomic E-state index is 1.07. The first kappa shape index (κ1) is 17.4. The van der Waals surface area contributed by atoms with Crippen molar-refractivity contribution in [1.29, 1.82) is 0 Å². The second-order valence-corrected chi connectivity index (χ2v) is 8.18. The van der Waals surface area contributed by atoms with E-state index in [1.54, 1.807) is 32.1 Å². The first-order chi connectivity index (χ1) is 10.4. The summed E-state index contributed by atoms with van der Waals surface area (Å²) in [5.41, 5.74) is 0. The summed E-state index contributed by atoms with van der Waals surface area (Å²) < 4.78 is 0. The Morgan fingerprint density at radius 3 is 1.48 bits per heavy atom. The summed E-state index contributed by atoms with van der Waals surface area (Å²) >= 11 is 0. The summed E-state index contributed by atoms with van der Waals surface area (Å²) in [6.07, 6.45) is 25.9. The third kappa shape index (κ3) is 7.20. The molecule has 0 unspecified atom stereocenters. The Morgan fingerprint density at radius 2 is 1.00 bits per heavy atom. The predicted molar refractivity (Wildman–Crippen MR) is 94.6 cm³/mol. The van der Waals surface area contributed by atoms with Gasteiger partial charge in [-0.05, 0) is 24.2 Å². The molecule has 0 aliphatic heterocycles. The molecule has 21 heavy (non-hydrogen) atoms. The molecule has 0 amide bonds. The van der Waals surface area contributed by atoms with Gasteiger partial charge >= 0.3 is 0 Å². The molecule has 2 aliphatic rings. The van der Waals surface area contributed by atoms with E-state index in [9.17, 15) is 0 Å². The van der Waals surface area contributed by atoms with E-state index >= 15 is 0 Å². The summed E-state index contributed by atoms with van der Waals surface area (Å²) in [7, 11) is 0. The fourth-order valence-electron chi connectivity index (χ4n) is 4.93. The normalized spacial score (nSPS) is 30.1. The Bertz CT molecular complexity index is 226. The van der Waals surface area contributed by atoms with Crippen molar-refractivity contribution in [3.05, 3.63) is 0 Å². The van der Waals surface area contributed by atoms with Gasteiger partial charge in [-0.15, -0.1) is 0 Å². The van der Waals surface area contributed by atoms with Crippen LogP contribution < -0.4 is 0 Å². The number of hydrogen-bond acceptors (Lipinski definition) is 0. The average molecular weight is 293 g/mol. The Morgan fingerprint density at radius 1 is 0.571 bits per heavy atom. The van der Waals surface area contributed by atoms with Gasteiger partial charge in [-0.25, -0.2) is 0 Å². The smallest absolute Gasteiger partial charge is 0.0412 e. The van der Waals surface area contributed by atoms with E-state index in [0.29, 0.717) is 0 Å². The van der Waals surface area contributed by atoms with Gasteiger partial charge in [-0.3, -0.25) is 0 Å². The molecule has 2 aliphatic carbocycles. The van der Waals surface area contributed by atoms with Crippen LogP contribution in [-0.4, -0.2) is 0 Å². The maximum Gasteiger partial charge on any atom is -0.0412 e. The SMILES string of the molecule is CCCCC1CCCCC(CC2CCCCC2)CCCC1. The van der Waals surface area contributed by atoms with Crippen LogP contribution in [0.15, 0.2) is 0 Å². The highest BCUT2D eigenvalue weighted by Crippen LogP contribution is 2.34. The summed E-state index contributed by atoms with van der Waals surface area (Å²) in [4.78, 5) is 0. The van der Waals surface area contributed by atoms with Gasteiger partial charge in [-0.1, -0.05) is 110 Å². The molecule has 0 aromatic rings. The summed E-state index contributed by atoms with van der Waals surface area (Å²) in [5.74, 6) is 3.25. The van der Waals surface area contributed by atoms with Crippen LogP contribution in [0.1, 0.15) is 116 Å². The van der Waals surface area contributed by atoms with Crippen LogP contribution in [0.5, 0.6) is 0 Å². The Hall–Kier alpha value is 0. The van der Waals surface area contributed by atoms with E-state index in [2.05, 4.69) is 6.92 Å². The Labute approximate surface area is 134 Å². The van der Waals surface area contributed by atoms with Gasteiger partial charge in [0.15, 0.2) is 0 Å². The molecular weight excluding hydrogens is 252 g/mol. The minimum Gasteiger partial charge on any atom is -0.0654 e. The van der Waals surface area contributed by atoms with Crippen molar-refractivity contribution < 1.29 is 0 Å². The zero-order chi connectivity index (χ0) is 14.8. The van der Waals surface area contributed by atoms with Crippen LogP contribution in [0.25, 0.3) is 0 Å². The Balaban J connectivity index is 1.68. The van der Waals surface area contributed by atoms with Gasteiger partial charge < -0.3 is 0 Å². The van der Waals surface area contributed by atoms with Gasteiger partial charge in [0, 0.05) is 0 Å². The molecule has 2 fully saturated rings. The standard InChI is InChI=1S/C21H40/c1-2-3-11-19-12-7-9-16-21(17-10-8-13-19)18-20-14-5-4-6-15-20/h19-21H,2-18H2,1H3. The molecule has 0 heteroatoms. The third-order valence-electron chi connectivity index (χ3n) is 6.31. The van der Waals surface area contributed by atoms with Crippen LogP contribution in [-0.2, 0) is 0 Å². The van der Waals surface area contributed by atoms with Gasteiger partial charge in [0.1, 0.15) is 0 Å². The lowest BCUT2D eigenvalue weighted by Gasteiger charge is -2.28. The van der Waals surface area contributed by atoms with Crippen LogP contribution in [0, 0.1) is 17.8 Å². The van der Waals surface area contributed by atoms with Crippen LogP contribution >= 0.6 is 0 Å². The van der Waals surface area contributed by atoms with Crippen molar-refractivity contribution in [2.75, 3.05) is 0 Å². The second kappa shape index (κ2) is 10.7. The first-order valence-electron chi connectivity index (χ1n) is 10.4. The lowest BCUT2D eigenvalue weighted by atomic mass is 9.78. The third-order valence-corrected chi connectivity index (χ3v) is 6.31. The van der Waals surface area contributed by atoms with E-state index in [1.165, 1.54) is 77.0 Å². The fraction of sp³-hybridized carbons (Fsp3) is 1.00. The summed E-state index contributed by atoms with van der Waals surface area (Å²) in [6, 6.07) is 0. The molecule has 2 saturated carbocycles. The molecule has 0 bridgehead atoms. The lowest BCUT2D eigenvalue weighted by Crippen LogP contribution is -2.13. The van der Waals surface area contributed by atoms with Crippen LogP contribution in [0.2, 0.25) is 0 Å². The summed E-state index contributed by atoms with van der Waals surface area (Å²) in [5, 5.41) is 0. The van der Waals surface area contributed by atoms with E-state index in [4.69, 9.17) is 0 Å². The average Bonchev–Trinajstić information content (AvgIpc) is 2.53. The number of unbranched alkanes of at least 4 members (excludes halogenated alkanes) is 1. The maximum absolute atomic E-state index is 2.34. The van der Waals surface area contributed by atoms with Crippen molar-refractivity contribution in [2.45, 2.75) is 116 Å². The predicted octanol–water partition coefficient (Wildman–Crippen LogP) is 7.51. The quantitative estimate of drug-likeness (QED) is 0.491. The van der Waals surface area contributed by atoms with Gasteiger partial charge in [0.2, 0.25) is 0 Å². The molecule has 0 atom stereocenters. The molecule has 0 N–H and O–H groups in total. The van der Waals surface area contributed by atoms with E-state index < -0.39 is 0 Å². The highest BCUT2D eigenvalue weighted by Gasteiger charge is 2.20. The van der Waals surface area contributed by atoms with E-state index in [1.807, 2.05) is 0 Å². The minimum atomic E-state index is 1.07. The highest BCUT2D eigenvalue weighted by atomic mass is 14.3. The van der Waals surface area contributed by atoms with Crippen molar-refractivity contribution in [2.24, 2.45) is 17.8 Å². The van der Waals surface area contributed by atoms with Crippen molar-refractivity contribution in [3.63, 3.8) is 0 Å². The number of hydrogen-bond donors (Lipinski definition) is 0. The van der Waals surface area contributed by atoms with E-state index in [-0.39, 0.29) is 0 Å². The molecule has 0 aromatic heterocycles. The largest absolute Gasteiger partial charge is 0.0654 e. The van der Waals surface area contributed by atoms with E-state index in [0.717, 1.165) is 17.8 Å². The maximum atomic E-state index is 2.34. The van der Waals surface area contributed by atoms with Gasteiger partial charge in [0.25, 0.3) is 0 Å². The summed E-state index contributed by atoms with van der Waals surface area (Å²) in [6.45, 7) is 2.34. The molecule has 0 heterocycles. The van der Waals surface area contributed by atoms with Gasteiger partial charge in [0.05, 0.1) is 0 Å². The Kier molecular flexibility index (Phi) is 8.83. The highest BCUT2D eigenvalue weighted by molar-refractivity contribution is 4.72. The lowest BCUT2D eigenvalue weighted by molar-refractivity contribution is 0.250. The zero-order valence-corrected chi connectivity index (χ0v) is 14.8. The molecule has 0 nitrogen and oxygen atoms in total. The van der Waals surface area contributed by atoms with Gasteiger partial charge in [-0.2, -0.15) is 0 Å². The van der Waals surface area contributed by atoms with Crippen molar-refractivity contribution in [3.8, 4) is 0 Å². The molecule has 124 valence electrons. The number of rotatable bonds is 5. The first-order valence-corrected chi connectivity index (χ1v) is 10.4. The second-order valence-electron chi connectivity index (χ2n) is 8.18. The van der Waals surface area contributed by atoms with Crippen molar-refractivity contribution >= 4 is 0 Å². The zero-order valence-electron chi connectivity index (χ0n) is 14.8. The van der Waals surface area contributed by atoms with Crippen molar-refractivity contribution in [1.82, 2.24) is 0 Å².